The quantitative estimate of drug-likeness (QED) is 0.758. The normalized spacial score (nSPS) is 10.1. The van der Waals surface area contributed by atoms with Gasteiger partial charge in [0.25, 0.3) is 5.91 Å². The van der Waals surface area contributed by atoms with Gasteiger partial charge < -0.3 is 4.90 Å². The topological polar surface area (TPSA) is 44.1 Å². The van der Waals surface area contributed by atoms with E-state index >= 15 is 0 Å². The highest BCUT2D eigenvalue weighted by molar-refractivity contribution is 5.94. The molecule has 0 aliphatic rings. The second-order valence-corrected chi connectivity index (χ2v) is 3.81. The molecule has 0 radical (unpaired) electrons. The van der Waals surface area contributed by atoms with Crippen molar-refractivity contribution in [1.29, 1.82) is 5.26 Å². The molecule has 0 aliphatic heterocycles. The van der Waals surface area contributed by atoms with E-state index in [1.807, 2.05) is 6.07 Å². The summed E-state index contributed by atoms with van der Waals surface area (Å²) >= 11 is 0. The monoisotopic (exact) mass is 238 g/mol. The molecular formula is C12H12F2N2O. The average molecular weight is 238 g/mol. The molecule has 1 aromatic rings. The Hall–Kier alpha value is -1.96. The van der Waals surface area contributed by atoms with E-state index in [1.54, 1.807) is 13.8 Å². The number of carbonyl (C=O) groups is 1. The number of amides is 1. The van der Waals surface area contributed by atoms with E-state index in [0.29, 0.717) is 6.07 Å². The molecule has 1 amide bonds. The SMILES string of the molecule is CC(C)N(CC#N)C(=O)c1ccc(F)cc1F. The summed E-state index contributed by atoms with van der Waals surface area (Å²) in [7, 11) is 0. The average Bonchev–Trinajstić information content (AvgIpc) is 2.24. The Kier molecular flexibility index (Phi) is 4.16. The summed E-state index contributed by atoms with van der Waals surface area (Å²) in [5, 5.41) is 8.60. The van der Waals surface area contributed by atoms with Crippen LogP contribution in [0, 0.1) is 23.0 Å². The van der Waals surface area contributed by atoms with Crippen LogP contribution in [-0.2, 0) is 0 Å². The van der Waals surface area contributed by atoms with Crippen molar-refractivity contribution >= 4 is 5.91 Å². The summed E-state index contributed by atoms with van der Waals surface area (Å²) in [5.74, 6) is -2.27. The minimum absolute atomic E-state index is 0.132. The van der Waals surface area contributed by atoms with Crippen LogP contribution in [0.2, 0.25) is 0 Å². The third-order valence-corrected chi connectivity index (χ3v) is 2.29. The maximum absolute atomic E-state index is 13.4. The first-order valence-corrected chi connectivity index (χ1v) is 5.10. The number of hydrogen-bond donors (Lipinski definition) is 0. The summed E-state index contributed by atoms with van der Waals surface area (Å²) in [4.78, 5) is 13.1. The van der Waals surface area contributed by atoms with E-state index in [2.05, 4.69) is 0 Å². The van der Waals surface area contributed by atoms with Crippen molar-refractivity contribution in [3.05, 3.63) is 35.4 Å². The number of hydrogen-bond acceptors (Lipinski definition) is 2. The van der Waals surface area contributed by atoms with Gasteiger partial charge in [0.05, 0.1) is 11.6 Å². The molecule has 0 saturated carbocycles. The van der Waals surface area contributed by atoms with Gasteiger partial charge in [-0.2, -0.15) is 5.26 Å². The van der Waals surface area contributed by atoms with Crippen molar-refractivity contribution in [2.24, 2.45) is 0 Å². The van der Waals surface area contributed by atoms with Crippen LogP contribution in [-0.4, -0.2) is 23.4 Å². The van der Waals surface area contributed by atoms with E-state index in [1.165, 1.54) is 4.90 Å². The molecule has 0 aliphatic carbocycles. The fourth-order valence-electron chi connectivity index (χ4n) is 1.38. The van der Waals surface area contributed by atoms with Crippen LogP contribution in [0.1, 0.15) is 24.2 Å². The lowest BCUT2D eigenvalue weighted by molar-refractivity contribution is 0.0726. The number of carbonyl (C=O) groups excluding carboxylic acids is 1. The molecule has 0 atom stereocenters. The van der Waals surface area contributed by atoms with Gasteiger partial charge in [0.2, 0.25) is 0 Å². The number of nitrogens with zero attached hydrogens (tertiary/aromatic N) is 2. The third-order valence-electron chi connectivity index (χ3n) is 2.29. The van der Waals surface area contributed by atoms with Gasteiger partial charge in [-0.3, -0.25) is 4.79 Å². The highest BCUT2D eigenvalue weighted by Gasteiger charge is 2.21. The standard InChI is InChI=1S/C12H12F2N2O/c1-8(2)16(6-5-15)12(17)10-4-3-9(13)7-11(10)14/h3-4,7-8H,6H2,1-2H3. The number of rotatable bonds is 3. The van der Waals surface area contributed by atoms with Gasteiger partial charge in [0, 0.05) is 12.1 Å². The lowest BCUT2D eigenvalue weighted by Gasteiger charge is -2.23. The zero-order valence-electron chi connectivity index (χ0n) is 9.58. The Labute approximate surface area is 98.3 Å². The summed E-state index contributed by atoms with van der Waals surface area (Å²) in [6, 6.07) is 4.36. The number of halogens is 2. The lowest BCUT2D eigenvalue weighted by Crippen LogP contribution is -2.37. The largest absolute Gasteiger partial charge is 0.323 e. The molecule has 0 spiro atoms. The van der Waals surface area contributed by atoms with Gasteiger partial charge in [0.1, 0.15) is 18.2 Å². The Morgan fingerprint density at radius 2 is 2.12 bits per heavy atom. The maximum atomic E-state index is 13.4. The minimum atomic E-state index is -0.918. The zero-order chi connectivity index (χ0) is 13.0. The van der Waals surface area contributed by atoms with E-state index in [-0.39, 0.29) is 18.2 Å². The van der Waals surface area contributed by atoms with Gasteiger partial charge in [-0.15, -0.1) is 0 Å². The van der Waals surface area contributed by atoms with Crippen molar-refractivity contribution in [3.8, 4) is 6.07 Å². The van der Waals surface area contributed by atoms with Crippen molar-refractivity contribution in [1.82, 2.24) is 4.90 Å². The van der Waals surface area contributed by atoms with Crippen molar-refractivity contribution < 1.29 is 13.6 Å². The molecule has 17 heavy (non-hydrogen) atoms. The lowest BCUT2D eigenvalue weighted by atomic mass is 10.1. The predicted octanol–water partition coefficient (Wildman–Crippen LogP) is 2.34. The highest BCUT2D eigenvalue weighted by atomic mass is 19.1. The molecule has 90 valence electrons. The highest BCUT2D eigenvalue weighted by Crippen LogP contribution is 2.13. The van der Waals surface area contributed by atoms with Crippen molar-refractivity contribution in [2.45, 2.75) is 19.9 Å². The number of benzene rings is 1. The van der Waals surface area contributed by atoms with Gasteiger partial charge in [0.15, 0.2) is 0 Å². The van der Waals surface area contributed by atoms with Crippen molar-refractivity contribution in [3.63, 3.8) is 0 Å². The first-order chi connectivity index (χ1) is 7.97. The van der Waals surface area contributed by atoms with Gasteiger partial charge in [-0.05, 0) is 26.0 Å². The van der Waals surface area contributed by atoms with Crippen molar-refractivity contribution in [2.75, 3.05) is 6.54 Å². The smallest absolute Gasteiger partial charge is 0.257 e. The van der Waals surface area contributed by atoms with Gasteiger partial charge in [-0.1, -0.05) is 0 Å². The fraction of sp³-hybridized carbons (Fsp3) is 0.333. The molecule has 3 nitrogen and oxygen atoms in total. The molecule has 0 unspecified atom stereocenters. The van der Waals surface area contributed by atoms with Crippen LogP contribution in [0.15, 0.2) is 18.2 Å². The maximum Gasteiger partial charge on any atom is 0.257 e. The first kappa shape index (κ1) is 13.1. The Morgan fingerprint density at radius 3 is 2.59 bits per heavy atom. The van der Waals surface area contributed by atoms with Crippen LogP contribution < -0.4 is 0 Å². The number of nitriles is 1. The van der Waals surface area contributed by atoms with Crippen LogP contribution in [0.5, 0.6) is 0 Å². The molecule has 0 fully saturated rings. The summed E-state index contributed by atoms with van der Waals surface area (Å²) in [6.07, 6.45) is 0. The molecule has 0 N–H and O–H groups in total. The fourth-order valence-corrected chi connectivity index (χ4v) is 1.38. The third kappa shape index (κ3) is 3.00. The van der Waals surface area contributed by atoms with Gasteiger partial charge >= 0.3 is 0 Å². The van der Waals surface area contributed by atoms with Crippen LogP contribution >= 0.6 is 0 Å². The summed E-state index contributed by atoms with van der Waals surface area (Å²) in [5.41, 5.74) is -0.227. The Balaban J connectivity index is 3.06. The van der Waals surface area contributed by atoms with E-state index < -0.39 is 17.5 Å². The Bertz CT molecular complexity index is 466. The molecule has 1 aromatic carbocycles. The molecule has 0 saturated heterocycles. The molecule has 0 bridgehead atoms. The molecule has 5 heteroatoms. The summed E-state index contributed by atoms with van der Waals surface area (Å²) in [6.45, 7) is 3.31. The molecular weight excluding hydrogens is 226 g/mol. The van der Waals surface area contributed by atoms with Gasteiger partial charge in [-0.25, -0.2) is 8.78 Å². The summed E-state index contributed by atoms with van der Waals surface area (Å²) < 4.78 is 26.1. The van der Waals surface area contributed by atoms with Crippen LogP contribution in [0.25, 0.3) is 0 Å². The van der Waals surface area contributed by atoms with Crippen LogP contribution in [0.4, 0.5) is 8.78 Å². The Morgan fingerprint density at radius 1 is 1.47 bits per heavy atom. The van der Waals surface area contributed by atoms with Crippen LogP contribution in [0.3, 0.4) is 0 Å². The minimum Gasteiger partial charge on any atom is -0.323 e. The molecule has 0 aromatic heterocycles. The predicted molar refractivity (Wildman–Crippen MR) is 58.1 cm³/mol. The zero-order valence-corrected chi connectivity index (χ0v) is 9.58. The van der Waals surface area contributed by atoms with E-state index in [0.717, 1.165) is 12.1 Å². The molecule has 0 heterocycles. The first-order valence-electron chi connectivity index (χ1n) is 5.10. The van der Waals surface area contributed by atoms with E-state index in [4.69, 9.17) is 5.26 Å². The second-order valence-electron chi connectivity index (χ2n) is 3.81. The molecule has 1 rings (SSSR count). The van der Waals surface area contributed by atoms with E-state index in [9.17, 15) is 13.6 Å². The second kappa shape index (κ2) is 5.39.